The highest BCUT2D eigenvalue weighted by Gasteiger charge is 2.21. The van der Waals surface area contributed by atoms with Gasteiger partial charge in [-0.15, -0.1) is 0 Å². The van der Waals surface area contributed by atoms with E-state index in [0.29, 0.717) is 12.1 Å². The Hall–Kier alpha value is -1.71. The molecule has 1 unspecified atom stereocenters. The van der Waals surface area contributed by atoms with Crippen molar-refractivity contribution in [2.45, 2.75) is 19.4 Å². The number of nitrogens with one attached hydrogen (secondary N) is 1. The van der Waals surface area contributed by atoms with Crippen LogP contribution in [0.5, 0.6) is 0 Å². The summed E-state index contributed by atoms with van der Waals surface area (Å²) in [6.07, 6.45) is 0.505. The van der Waals surface area contributed by atoms with Gasteiger partial charge in [-0.1, -0.05) is 0 Å². The highest BCUT2D eigenvalue weighted by atomic mass is 16.1. The summed E-state index contributed by atoms with van der Waals surface area (Å²) in [5.74, 6) is 0.0405. The van der Waals surface area contributed by atoms with E-state index in [1.165, 1.54) is 0 Å². The van der Waals surface area contributed by atoms with Crippen molar-refractivity contribution in [1.29, 1.82) is 0 Å². The summed E-state index contributed by atoms with van der Waals surface area (Å²) in [6, 6.07) is 5.78. The van der Waals surface area contributed by atoms with Crippen molar-refractivity contribution >= 4 is 23.0 Å². The van der Waals surface area contributed by atoms with Gasteiger partial charge in [-0.2, -0.15) is 0 Å². The van der Waals surface area contributed by atoms with Gasteiger partial charge < -0.3 is 16.0 Å². The molecule has 1 atom stereocenters. The van der Waals surface area contributed by atoms with Crippen LogP contribution in [0.3, 0.4) is 0 Å². The molecule has 3 N–H and O–H groups in total. The minimum absolute atomic E-state index is 0.0405. The van der Waals surface area contributed by atoms with Crippen molar-refractivity contribution in [2.24, 2.45) is 0 Å². The molecule has 4 nitrogen and oxygen atoms in total. The van der Waals surface area contributed by atoms with Gasteiger partial charge in [0.1, 0.15) is 0 Å². The number of amides is 1. The van der Waals surface area contributed by atoms with E-state index in [4.69, 9.17) is 5.73 Å². The molecule has 1 aromatic rings. The average molecular weight is 205 g/mol. The zero-order valence-electron chi connectivity index (χ0n) is 8.95. The lowest BCUT2D eigenvalue weighted by Gasteiger charge is -2.24. The molecule has 1 aromatic carbocycles. The number of nitrogen functional groups attached to an aromatic ring is 1. The zero-order valence-corrected chi connectivity index (χ0v) is 8.95. The predicted molar refractivity (Wildman–Crippen MR) is 62.0 cm³/mol. The molecule has 15 heavy (non-hydrogen) atoms. The number of fused-ring (bicyclic) bond motifs is 1. The van der Waals surface area contributed by atoms with Gasteiger partial charge in [0.05, 0.1) is 11.4 Å². The van der Waals surface area contributed by atoms with Crippen LogP contribution >= 0.6 is 0 Å². The van der Waals surface area contributed by atoms with Crippen LogP contribution in [-0.2, 0) is 4.79 Å². The fourth-order valence-electron chi connectivity index (χ4n) is 1.81. The summed E-state index contributed by atoms with van der Waals surface area (Å²) in [6.45, 7) is 2.03. The standard InChI is InChI=1S/C11H15N3O/c1-7-5-11(15)13-9-6-8(12)3-4-10(9)14(7)2/h3-4,6-7H,5,12H2,1-2H3,(H,13,15). The number of carbonyl (C=O) groups is 1. The van der Waals surface area contributed by atoms with E-state index in [0.717, 1.165) is 11.4 Å². The van der Waals surface area contributed by atoms with E-state index in [1.54, 1.807) is 6.07 Å². The molecule has 0 aromatic heterocycles. The molecule has 1 amide bonds. The normalized spacial score (nSPS) is 20.5. The first-order valence-corrected chi connectivity index (χ1v) is 5.00. The summed E-state index contributed by atoms with van der Waals surface area (Å²) in [7, 11) is 1.99. The Morgan fingerprint density at radius 3 is 3.00 bits per heavy atom. The van der Waals surface area contributed by atoms with Crippen molar-refractivity contribution in [3.8, 4) is 0 Å². The quantitative estimate of drug-likeness (QED) is 0.630. The SMILES string of the molecule is CC1CC(=O)Nc2cc(N)ccc2N1C. The molecule has 0 radical (unpaired) electrons. The Kier molecular flexibility index (Phi) is 2.26. The molecular weight excluding hydrogens is 190 g/mol. The monoisotopic (exact) mass is 205 g/mol. The van der Waals surface area contributed by atoms with Crippen LogP contribution in [0.2, 0.25) is 0 Å². The van der Waals surface area contributed by atoms with Gasteiger partial charge in [-0.25, -0.2) is 0 Å². The van der Waals surface area contributed by atoms with E-state index >= 15 is 0 Å². The molecule has 1 aliphatic rings. The number of hydrogen-bond donors (Lipinski definition) is 2. The first-order valence-electron chi connectivity index (χ1n) is 5.00. The van der Waals surface area contributed by atoms with Crippen LogP contribution in [0.1, 0.15) is 13.3 Å². The molecular formula is C11H15N3O. The first-order chi connectivity index (χ1) is 7.08. The molecule has 0 aliphatic carbocycles. The lowest BCUT2D eigenvalue weighted by atomic mass is 10.2. The molecule has 80 valence electrons. The second kappa shape index (κ2) is 3.46. The van der Waals surface area contributed by atoms with Crippen LogP contribution in [0.25, 0.3) is 0 Å². The van der Waals surface area contributed by atoms with E-state index in [9.17, 15) is 4.79 Å². The highest BCUT2D eigenvalue weighted by Crippen LogP contribution is 2.31. The first kappa shape index (κ1) is 9.83. The number of nitrogens with two attached hydrogens (primary N) is 1. The van der Waals surface area contributed by atoms with Gasteiger partial charge in [0.25, 0.3) is 0 Å². The third-order valence-electron chi connectivity index (χ3n) is 2.82. The second-order valence-corrected chi connectivity index (χ2v) is 3.99. The lowest BCUT2D eigenvalue weighted by Crippen LogP contribution is -2.29. The Bertz CT molecular complexity index is 403. The summed E-state index contributed by atoms with van der Waals surface area (Å²) >= 11 is 0. The van der Waals surface area contributed by atoms with Gasteiger partial charge in [-0.05, 0) is 25.1 Å². The topological polar surface area (TPSA) is 58.4 Å². The van der Waals surface area contributed by atoms with Gasteiger partial charge in [-0.3, -0.25) is 4.79 Å². The summed E-state index contributed by atoms with van der Waals surface area (Å²) < 4.78 is 0. The molecule has 0 bridgehead atoms. The lowest BCUT2D eigenvalue weighted by molar-refractivity contribution is -0.116. The summed E-state index contributed by atoms with van der Waals surface area (Å²) in [5.41, 5.74) is 8.17. The largest absolute Gasteiger partial charge is 0.399 e. The molecule has 0 spiro atoms. The molecule has 1 heterocycles. The summed E-state index contributed by atoms with van der Waals surface area (Å²) in [5, 5.41) is 2.86. The zero-order chi connectivity index (χ0) is 11.0. The van der Waals surface area contributed by atoms with Gasteiger partial charge >= 0.3 is 0 Å². The molecule has 0 saturated carbocycles. The van der Waals surface area contributed by atoms with Gasteiger partial charge in [0.2, 0.25) is 5.91 Å². The highest BCUT2D eigenvalue weighted by molar-refractivity contribution is 5.97. The smallest absolute Gasteiger partial charge is 0.226 e. The maximum atomic E-state index is 11.5. The van der Waals surface area contributed by atoms with E-state index in [2.05, 4.69) is 10.2 Å². The van der Waals surface area contributed by atoms with Crippen molar-refractivity contribution < 1.29 is 4.79 Å². The van der Waals surface area contributed by atoms with Gasteiger partial charge in [0.15, 0.2) is 0 Å². The van der Waals surface area contributed by atoms with Gasteiger partial charge in [0, 0.05) is 25.2 Å². The van der Waals surface area contributed by atoms with Crippen LogP contribution in [0, 0.1) is 0 Å². The Morgan fingerprint density at radius 1 is 1.53 bits per heavy atom. The number of benzene rings is 1. The minimum atomic E-state index is 0.0405. The van der Waals surface area contributed by atoms with Crippen LogP contribution in [0.15, 0.2) is 18.2 Å². The molecule has 0 saturated heterocycles. The van der Waals surface area contributed by atoms with Crippen LogP contribution < -0.4 is 16.0 Å². The van der Waals surface area contributed by atoms with Crippen LogP contribution in [-0.4, -0.2) is 19.0 Å². The molecule has 0 fully saturated rings. The second-order valence-electron chi connectivity index (χ2n) is 3.99. The van der Waals surface area contributed by atoms with E-state index < -0.39 is 0 Å². The van der Waals surface area contributed by atoms with Crippen LogP contribution in [0.4, 0.5) is 17.1 Å². The number of carbonyl (C=O) groups excluding carboxylic acids is 1. The predicted octanol–water partition coefficient (Wildman–Crippen LogP) is 1.44. The van der Waals surface area contributed by atoms with E-state index in [1.807, 2.05) is 26.1 Å². The fraction of sp³-hybridized carbons (Fsp3) is 0.364. The number of nitrogens with zero attached hydrogens (tertiary/aromatic N) is 1. The number of rotatable bonds is 0. The van der Waals surface area contributed by atoms with E-state index in [-0.39, 0.29) is 11.9 Å². The average Bonchev–Trinajstić information content (AvgIpc) is 2.25. The minimum Gasteiger partial charge on any atom is -0.399 e. The third-order valence-corrected chi connectivity index (χ3v) is 2.82. The molecule has 1 aliphatic heterocycles. The molecule has 2 rings (SSSR count). The Balaban J connectivity index is 2.49. The fourth-order valence-corrected chi connectivity index (χ4v) is 1.81. The maximum Gasteiger partial charge on any atom is 0.226 e. The maximum absolute atomic E-state index is 11.5. The van der Waals surface area contributed by atoms with Crippen molar-refractivity contribution in [3.63, 3.8) is 0 Å². The van der Waals surface area contributed by atoms with Crippen molar-refractivity contribution in [3.05, 3.63) is 18.2 Å². The Morgan fingerprint density at radius 2 is 2.27 bits per heavy atom. The van der Waals surface area contributed by atoms with Crippen molar-refractivity contribution in [2.75, 3.05) is 23.0 Å². The summed E-state index contributed by atoms with van der Waals surface area (Å²) in [4.78, 5) is 13.6. The third kappa shape index (κ3) is 1.75. The Labute approximate surface area is 89.1 Å². The number of anilines is 3. The van der Waals surface area contributed by atoms with Crippen molar-refractivity contribution in [1.82, 2.24) is 0 Å². The number of hydrogen-bond acceptors (Lipinski definition) is 3. The molecule has 4 heteroatoms.